The first-order chi connectivity index (χ1) is 15.6. The van der Waals surface area contributed by atoms with Crippen molar-refractivity contribution in [2.45, 2.75) is 12.8 Å². The number of methoxy groups -OCH3 is 1. The molecule has 1 aliphatic heterocycles. The number of rotatable bonds is 5. The van der Waals surface area contributed by atoms with Gasteiger partial charge in [-0.25, -0.2) is 13.9 Å². The summed E-state index contributed by atoms with van der Waals surface area (Å²) in [6.07, 6.45) is 3.63. The van der Waals surface area contributed by atoms with E-state index in [1.807, 2.05) is 30.5 Å². The molecule has 0 spiro atoms. The predicted molar refractivity (Wildman–Crippen MR) is 123 cm³/mol. The van der Waals surface area contributed by atoms with Gasteiger partial charge in [-0.3, -0.25) is 4.79 Å². The molecule has 2 aromatic carbocycles. The predicted octanol–water partition coefficient (Wildman–Crippen LogP) is 4.46. The Morgan fingerprint density at radius 1 is 1.19 bits per heavy atom. The van der Waals surface area contributed by atoms with E-state index < -0.39 is 0 Å². The van der Waals surface area contributed by atoms with E-state index in [9.17, 15) is 9.18 Å². The summed E-state index contributed by atoms with van der Waals surface area (Å²) in [5, 5.41) is 8.45. The normalized spacial score (nSPS) is 16.3. The van der Waals surface area contributed by atoms with Crippen LogP contribution in [-0.2, 0) is 4.79 Å². The second kappa shape index (κ2) is 8.58. The highest BCUT2D eigenvalue weighted by molar-refractivity contribution is 7.20. The third-order valence-corrected chi connectivity index (χ3v) is 6.58. The average Bonchev–Trinajstić information content (AvgIpc) is 3.40. The topological polar surface area (TPSA) is 71.8 Å². The van der Waals surface area contributed by atoms with Gasteiger partial charge in [-0.05, 0) is 61.4 Å². The van der Waals surface area contributed by atoms with Crippen molar-refractivity contribution in [3.8, 4) is 17.0 Å². The number of amides is 1. The molecule has 1 fully saturated rings. The molecule has 5 rings (SSSR count). The van der Waals surface area contributed by atoms with E-state index in [1.54, 1.807) is 23.8 Å². The molecule has 32 heavy (non-hydrogen) atoms. The van der Waals surface area contributed by atoms with Crippen LogP contribution in [0.4, 0.5) is 15.2 Å². The van der Waals surface area contributed by atoms with Gasteiger partial charge in [-0.2, -0.15) is 0 Å². The maximum atomic E-state index is 13.1. The van der Waals surface area contributed by atoms with Crippen molar-refractivity contribution < 1.29 is 13.9 Å². The Kier molecular flexibility index (Phi) is 5.48. The van der Waals surface area contributed by atoms with E-state index in [0.717, 1.165) is 46.5 Å². The van der Waals surface area contributed by atoms with Crippen LogP contribution >= 0.6 is 11.3 Å². The zero-order valence-corrected chi connectivity index (χ0v) is 18.3. The molecule has 0 saturated carbocycles. The minimum atomic E-state index is -0.323. The zero-order valence-electron chi connectivity index (χ0n) is 17.5. The summed E-state index contributed by atoms with van der Waals surface area (Å²) in [5.74, 6) is 0.276. The van der Waals surface area contributed by atoms with E-state index in [2.05, 4.69) is 10.2 Å². The molecule has 164 valence electrons. The molecule has 7 nitrogen and oxygen atoms in total. The molecule has 4 aromatic rings. The van der Waals surface area contributed by atoms with Crippen molar-refractivity contribution in [3.63, 3.8) is 0 Å². The number of carbonyl (C=O) groups is 1. The molecule has 1 atom stereocenters. The highest BCUT2D eigenvalue weighted by Gasteiger charge is 2.28. The van der Waals surface area contributed by atoms with Crippen molar-refractivity contribution in [2.24, 2.45) is 5.92 Å². The number of ether oxygens (including phenoxy) is 1. The average molecular weight is 452 g/mol. The third kappa shape index (κ3) is 4.16. The van der Waals surface area contributed by atoms with Crippen molar-refractivity contribution in [2.75, 3.05) is 30.4 Å². The van der Waals surface area contributed by atoms with Crippen LogP contribution in [0.1, 0.15) is 12.8 Å². The molecule has 3 heterocycles. The quantitative estimate of drug-likeness (QED) is 0.485. The lowest BCUT2D eigenvalue weighted by molar-refractivity contribution is -0.120. The van der Waals surface area contributed by atoms with Gasteiger partial charge in [0.2, 0.25) is 16.0 Å². The van der Waals surface area contributed by atoms with Gasteiger partial charge in [0.15, 0.2) is 0 Å². The fraction of sp³-hybridized carbons (Fsp3) is 0.261. The van der Waals surface area contributed by atoms with Crippen LogP contribution in [0.5, 0.6) is 5.75 Å². The van der Waals surface area contributed by atoms with Crippen molar-refractivity contribution >= 4 is 33.0 Å². The maximum absolute atomic E-state index is 13.1. The number of piperidine rings is 1. The van der Waals surface area contributed by atoms with Gasteiger partial charge in [-0.1, -0.05) is 11.3 Å². The summed E-state index contributed by atoms with van der Waals surface area (Å²) < 4.78 is 20.1. The van der Waals surface area contributed by atoms with Crippen molar-refractivity contribution in [3.05, 3.63) is 60.5 Å². The number of aromatic nitrogens is 3. The molecular formula is C23H22FN5O2S. The Balaban J connectivity index is 1.28. The van der Waals surface area contributed by atoms with Crippen molar-refractivity contribution in [1.29, 1.82) is 0 Å². The molecular weight excluding hydrogens is 429 g/mol. The molecule has 1 amide bonds. The molecule has 1 N–H and O–H groups in total. The van der Waals surface area contributed by atoms with Gasteiger partial charge < -0.3 is 15.0 Å². The Morgan fingerprint density at radius 3 is 2.69 bits per heavy atom. The number of nitrogens with zero attached hydrogens (tertiary/aromatic N) is 4. The first kappa shape index (κ1) is 20.4. The lowest BCUT2D eigenvalue weighted by atomic mass is 9.97. The Morgan fingerprint density at radius 2 is 1.97 bits per heavy atom. The van der Waals surface area contributed by atoms with Gasteiger partial charge in [0.1, 0.15) is 11.6 Å². The molecule has 0 radical (unpaired) electrons. The lowest BCUT2D eigenvalue weighted by Crippen LogP contribution is -2.40. The summed E-state index contributed by atoms with van der Waals surface area (Å²) in [6.45, 7) is 1.44. The molecule has 0 bridgehead atoms. The second-order valence-corrected chi connectivity index (χ2v) is 8.68. The van der Waals surface area contributed by atoms with Crippen LogP contribution in [0.2, 0.25) is 0 Å². The first-order valence-corrected chi connectivity index (χ1v) is 11.2. The van der Waals surface area contributed by atoms with Crippen LogP contribution in [0.25, 0.3) is 16.2 Å². The van der Waals surface area contributed by atoms with Gasteiger partial charge in [0, 0.05) is 24.3 Å². The number of benzene rings is 2. The van der Waals surface area contributed by atoms with E-state index in [1.165, 1.54) is 23.5 Å². The van der Waals surface area contributed by atoms with Gasteiger partial charge in [-0.15, -0.1) is 5.10 Å². The molecule has 9 heteroatoms. The molecule has 1 saturated heterocycles. The third-order valence-electron chi connectivity index (χ3n) is 5.59. The van der Waals surface area contributed by atoms with Crippen LogP contribution in [0.3, 0.4) is 0 Å². The largest absolute Gasteiger partial charge is 0.497 e. The lowest BCUT2D eigenvalue weighted by Gasteiger charge is -2.31. The standard InChI is InChI=1S/C23H22FN5O2S/c1-31-19-10-4-15(5-11-19)20-14-29-22(26-20)32-23(27-29)28-12-2-3-16(13-28)21(30)25-18-8-6-17(24)7-9-18/h4-11,14,16H,2-3,12-13H2,1H3,(H,25,30). The van der Waals surface area contributed by atoms with Gasteiger partial charge >= 0.3 is 0 Å². The summed E-state index contributed by atoms with van der Waals surface area (Å²) in [4.78, 5) is 20.4. The van der Waals surface area contributed by atoms with Crippen molar-refractivity contribution in [1.82, 2.24) is 14.6 Å². The number of halogens is 1. The highest BCUT2D eigenvalue weighted by Crippen LogP contribution is 2.30. The molecule has 2 aromatic heterocycles. The van der Waals surface area contributed by atoms with Crippen LogP contribution < -0.4 is 15.0 Å². The minimum absolute atomic E-state index is 0.0515. The number of hydrogen-bond donors (Lipinski definition) is 1. The fourth-order valence-electron chi connectivity index (χ4n) is 3.86. The Labute approximate surface area is 188 Å². The van der Waals surface area contributed by atoms with E-state index in [-0.39, 0.29) is 17.6 Å². The summed E-state index contributed by atoms with van der Waals surface area (Å²) in [7, 11) is 1.64. The second-order valence-electron chi connectivity index (χ2n) is 7.75. The van der Waals surface area contributed by atoms with Crippen LogP contribution in [0.15, 0.2) is 54.7 Å². The van der Waals surface area contributed by atoms with Gasteiger partial charge in [0.05, 0.1) is 24.9 Å². The maximum Gasteiger partial charge on any atom is 0.229 e. The molecule has 1 aliphatic rings. The zero-order chi connectivity index (χ0) is 22.1. The number of fused-ring (bicyclic) bond motifs is 1. The van der Waals surface area contributed by atoms with Crippen LogP contribution in [-0.4, -0.2) is 40.7 Å². The summed E-state index contributed by atoms with van der Waals surface area (Å²) >= 11 is 1.51. The Hall–Kier alpha value is -3.46. The molecule has 1 unspecified atom stereocenters. The number of hydrogen-bond acceptors (Lipinski definition) is 6. The monoisotopic (exact) mass is 451 g/mol. The number of anilines is 2. The van der Waals surface area contributed by atoms with E-state index in [0.29, 0.717) is 12.2 Å². The summed E-state index contributed by atoms with van der Waals surface area (Å²) in [6, 6.07) is 13.6. The van der Waals surface area contributed by atoms with Crippen LogP contribution in [0, 0.1) is 11.7 Å². The SMILES string of the molecule is COc1ccc(-c2cn3nc(N4CCCC(C(=O)Nc5ccc(F)cc5)C4)sc3n2)cc1. The van der Waals surface area contributed by atoms with E-state index >= 15 is 0 Å². The molecule has 0 aliphatic carbocycles. The smallest absolute Gasteiger partial charge is 0.229 e. The number of imidazole rings is 1. The fourth-order valence-corrected chi connectivity index (χ4v) is 4.78. The van der Waals surface area contributed by atoms with Gasteiger partial charge in [0.25, 0.3) is 0 Å². The number of carbonyl (C=O) groups excluding carboxylic acids is 1. The minimum Gasteiger partial charge on any atom is -0.497 e. The van der Waals surface area contributed by atoms with E-state index in [4.69, 9.17) is 14.8 Å². The highest BCUT2D eigenvalue weighted by atomic mass is 32.1. The Bertz CT molecular complexity index is 1200. The first-order valence-electron chi connectivity index (χ1n) is 10.4. The number of nitrogens with one attached hydrogen (secondary N) is 1. The summed E-state index contributed by atoms with van der Waals surface area (Å²) in [5.41, 5.74) is 2.46.